The molecule has 4 rings (SSSR count). The molecule has 0 heterocycles. The summed E-state index contributed by atoms with van der Waals surface area (Å²) >= 11 is 0. The molecule has 29 heavy (non-hydrogen) atoms. The van der Waals surface area contributed by atoms with Gasteiger partial charge in [-0.2, -0.15) is 0 Å². The molecule has 0 aromatic heterocycles. The molecule has 160 valence electrons. The minimum atomic E-state index is -2.23. The monoisotopic (exact) mass is 444 g/mol. The lowest BCUT2D eigenvalue weighted by atomic mass is 9.46. The van der Waals surface area contributed by atoms with Crippen LogP contribution >= 0.6 is 0 Å². The lowest BCUT2D eigenvalue weighted by Crippen LogP contribution is -2.61. The Balaban J connectivity index is 1.89. The lowest BCUT2D eigenvalue weighted by Gasteiger charge is -2.61. The van der Waals surface area contributed by atoms with Gasteiger partial charge in [-0.25, -0.2) is 0 Å². The van der Waals surface area contributed by atoms with Crippen LogP contribution in [0.5, 0.6) is 0 Å². The molecule has 0 aliphatic heterocycles. The summed E-state index contributed by atoms with van der Waals surface area (Å²) in [7, 11) is -6.05. The van der Waals surface area contributed by atoms with Gasteiger partial charge in [0, 0.05) is 5.56 Å². The first-order valence-electron chi connectivity index (χ1n) is 11.2. The minimum Gasteiger partial charge on any atom is -0.437 e. The third kappa shape index (κ3) is 4.99. The Hall–Kier alpha value is -0.649. The van der Waals surface area contributed by atoms with E-state index in [0.717, 1.165) is 23.3 Å². The van der Waals surface area contributed by atoms with E-state index in [4.69, 9.17) is 14.7 Å². The van der Waals surface area contributed by atoms with Gasteiger partial charge in [0.2, 0.25) is 8.32 Å². The first-order chi connectivity index (χ1) is 13.3. The molecule has 3 fully saturated rings. The van der Waals surface area contributed by atoms with E-state index in [0.29, 0.717) is 5.41 Å². The zero-order valence-corrected chi connectivity index (χ0v) is 22.8. The highest BCUT2D eigenvalue weighted by Crippen LogP contribution is 2.62. The molecule has 1 aromatic rings. The second kappa shape index (κ2) is 7.80. The summed E-state index contributed by atoms with van der Waals surface area (Å²) in [6.45, 7) is 18.7. The first kappa shape index (κ1) is 23.0. The summed E-state index contributed by atoms with van der Waals surface area (Å²) < 4.78 is 13.7. The van der Waals surface area contributed by atoms with Crippen molar-refractivity contribution in [1.29, 1.82) is 0 Å². The predicted molar refractivity (Wildman–Crippen MR) is 132 cm³/mol. The molecule has 0 radical (unpaired) electrons. The molecule has 3 aliphatic carbocycles. The van der Waals surface area contributed by atoms with Crippen molar-refractivity contribution in [3.05, 3.63) is 29.8 Å². The van der Waals surface area contributed by atoms with E-state index >= 15 is 0 Å². The van der Waals surface area contributed by atoms with Crippen LogP contribution in [0.25, 0.3) is 0 Å². The van der Waals surface area contributed by atoms with Crippen molar-refractivity contribution >= 4 is 30.4 Å². The number of fused-ring (bicyclic) bond motifs is 2. The average molecular weight is 445 g/mol. The van der Waals surface area contributed by atoms with Gasteiger partial charge in [-0.05, 0) is 98.7 Å². The summed E-state index contributed by atoms with van der Waals surface area (Å²) in [5.74, 6) is 5.32. The molecule has 2 unspecified atom stereocenters. The van der Waals surface area contributed by atoms with E-state index in [-0.39, 0.29) is 0 Å². The van der Waals surface area contributed by atoms with E-state index < -0.39 is 25.2 Å². The van der Waals surface area contributed by atoms with Gasteiger partial charge in [-0.3, -0.25) is 0 Å². The average Bonchev–Trinajstić information content (AvgIpc) is 2.59. The molecule has 0 spiro atoms. The smallest absolute Gasteiger partial charge is 0.311 e. The van der Waals surface area contributed by atoms with Crippen LogP contribution in [-0.2, 0) is 8.23 Å². The topological polar surface area (TPSA) is 18.5 Å². The van der Waals surface area contributed by atoms with Gasteiger partial charge in [-0.15, -0.1) is 6.42 Å². The highest BCUT2D eigenvalue weighted by atomic mass is 28.5. The number of benzene rings is 1. The largest absolute Gasteiger partial charge is 0.437 e. The van der Waals surface area contributed by atoms with Crippen molar-refractivity contribution in [3.63, 3.8) is 0 Å². The molecular formula is C24H40O2Si3. The van der Waals surface area contributed by atoms with Gasteiger partial charge in [0.1, 0.15) is 0 Å². The first-order valence-corrected chi connectivity index (χ1v) is 20.1. The van der Waals surface area contributed by atoms with Crippen LogP contribution in [0.2, 0.25) is 45.3 Å². The van der Waals surface area contributed by atoms with Gasteiger partial charge < -0.3 is 8.23 Å². The Bertz CT molecular complexity index is 771. The quantitative estimate of drug-likeness (QED) is 0.374. The predicted octanol–water partition coefficient (Wildman–Crippen LogP) is 6.09. The lowest BCUT2D eigenvalue weighted by molar-refractivity contribution is -0.0995. The molecule has 2 nitrogen and oxygen atoms in total. The Morgan fingerprint density at radius 1 is 1.00 bits per heavy atom. The summed E-state index contributed by atoms with van der Waals surface area (Å²) in [5.41, 5.74) is 1.45. The zero-order chi connectivity index (χ0) is 21.7. The highest BCUT2D eigenvalue weighted by Gasteiger charge is 2.56. The third-order valence-electron chi connectivity index (χ3n) is 7.34. The fourth-order valence-electron chi connectivity index (χ4n) is 6.15. The molecule has 4 atom stereocenters. The molecule has 2 bridgehead atoms. The van der Waals surface area contributed by atoms with Gasteiger partial charge in [0.25, 0.3) is 0 Å². The second-order valence-electron chi connectivity index (χ2n) is 11.6. The second-order valence-corrected chi connectivity index (χ2v) is 23.7. The van der Waals surface area contributed by atoms with Gasteiger partial charge in [-0.1, -0.05) is 38.3 Å². The van der Waals surface area contributed by atoms with Crippen molar-refractivity contribution in [3.8, 4) is 12.3 Å². The summed E-state index contributed by atoms with van der Waals surface area (Å²) in [6.07, 6.45) is 9.78. The van der Waals surface area contributed by atoms with Crippen molar-refractivity contribution in [1.82, 2.24) is 0 Å². The van der Waals surface area contributed by atoms with Crippen molar-refractivity contribution in [2.24, 2.45) is 23.2 Å². The fourth-order valence-corrected chi connectivity index (χ4v) is 20.3. The van der Waals surface area contributed by atoms with Crippen molar-refractivity contribution in [2.75, 3.05) is 0 Å². The molecule has 5 heteroatoms. The molecule has 0 saturated heterocycles. The zero-order valence-electron chi connectivity index (χ0n) is 19.8. The number of hydrogen-bond donors (Lipinski definition) is 0. The molecule has 0 N–H and O–H groups in total. The molecular weight excluding hydrogens is 405 g/mol. The normalized spacial score (nSPS) is 28.2. The highest BCUT2D eigenvalue weighted by molar-refractivity contribution is 6.93. The minimum absolute atomic E-state index is 0.507. The fraction of sp³-hybridized carbons (Fsp3) is 0.667. The van der Waals surface area contributed by atoms with Crippen LogP contribution in [0, 0.1) is 35.5 Å². The van der Waals surface area contributed by atoms with Crippen LogP contribution in [0.4, 0.5) is 0 Å². The van der Waals surface area contributed by atoms with E-state index in [1.807, 2.05) is 0 Å². The number of rotatable bonds is 7. The Morgan fingerprint density at radius 2 is 1.62 bits per heavy atom. The summed E-state index contributed by atoms with van der Waals surface area (Å²) in [6, 6.07) is 9.84. The maximum absolute atomic E-state index is 7.14. The summed E-state index contributed by atoms with van der Waals surface area (Å²) in [5, 5.41) is 1.37. The van der Waals surface area contributed by atoms with Gasteiger partial charge >= 0.3 is 8.56 Å². The molecule has 3 aliphatic rings. The van der Waals surface area contributed by atoms with Crippen LogP contribution in [-0.4, -0.2) is 25.2 Å². The van der Waals surface area contributed by atoms with Crippen LogP contribution < -0.4 is 5.19 Å². The number of hydrogen-bond acceptors (Lipinski definition) is 2. The Labute approximate surface area is 182 Å². The molecule has 0 amide bonds. The standard InChI is InChI=1S/C24H40O2Si3/c1-10-19-11-15-22(16-12-19)29(9,26-28(7,8)25-27(4,5)6)18-20-13-14-21-17-23(20)24(21,2)3/h1,11-12,15-16,20-21,23H,13-14,17-18H2,2-9H3/t20?,21-,23-,29?/m1/s1. The number of terminal acetylenes is 1. The maximum Gasteiger partial charge on any atom is 0.311 e. The van der Waals surface area contributed by atoms with Crippen LogP contribution in [0.3, 0.4) is 0 Å². The van der Waals surface area contributed by atoms with E-state index in [1.165, 1.54) is 30.5 Å². The molecule has 1 aromatic carbocycles. The van der Waals surface area contributed by atoms with E-state index in [9.17, 15) is 0 Å². The van der Waals surface area contributed by atoms with E-state index in [2.05, 4.69) is 83.3 Å². The molecule has 3 saturated carbocycles. The summed E-state index contributed by atoms with van der Waals surface area (Å²) in [4.78, 5) is 0. The van der Waals surface area contributed by atoms with Gasteiger partial charge in [0.15, 0.2) is 8.32 Å². The van der Waals surface area contributed by atoms with Crippen LogP contribution in [0.1, 0.15) is 38.7 Å². The SMILES string of the molecule is C#Cc1ccc([Si](C)(CC2CC[C@@H]3C[C@H]2C3(C)C)O[Si](C)(C)O[Si](C)(C)C)cc1. The maximum atomic E-state index is 7.14. The Kier molecular flexibility index (Phi) is 6.19. The van der Waals surface area contributed by atoms with Crippen LogP contribution in [0.15, 0.2) is 24.3 Å². The third-order valence-corrected chi connectivity index (χ3v) is 18.4. The van der Waals surface area contributed by atoms with E-state index in [1.54, 1.807) is 0 Å². The van der Waals surface area contributed by atoms with Crippen molar-refractivity contribution in [2.45, 2.75) is 78.4 Å². The Morgan fingerprint density at radius 3 is 2.10 bits per heavy atom. The van der Waals surface area contributed by atoms with Crippen molar-refractivity contribution < 1.29 is 8.23 Å². The van der Waals surface area contributed by atoms with Gasteiger partial charge in [0.05, 0.1) is 0 Å².